The number of halogens is 3. The number of hydrogen-bond donors (Lipinski definition) is 1. The summed E-state index contributed by atoms with van der Waals surface area (Å²) in [7, 11) is 1.23. The molecule has 0 atom stereocenters. The number of hydrogen-bond acceptors (Lipinski definition) is 6. The smallest absolute Gasteiger partial charge is 0.373 e. The molecule has 8 nitrogen and oxygen atoms in total. The maximum atomic E-state index is 13.0. The Balaban J connectivity index is 1.56. The van der Waals surface area contributed by atoms with Crippen LogP contribution >= 0.6 is 43.5 Å². The SMILES string of the molecule is COC(=O)c1ccc(CN2C(=O)N/C(=C\c3cc(Cl)cc(Br)c3OCc3ccc(Br)cc3)C2=O)o1. The Labute approximate surface area is 222 Å². The van der Waals surface area contributed by atoms with E-state index in [0.717, 1.165) is 14.9 Å². The summed E-state index contributed by atoms with van der Waals surface area (Å²) in [6, 6.07) is 13.3. The molecular weight excluding hydrogens is 608 g/mol. The number of esters is 1. The van der Waals surface area contributed by atoms with Gasteiger partial charge in [0.05, 0.1) is 18.1 Å². The lowest BCUT2D eigenvalue weighted by Gasteiger charge is -2.13. The Morgan fingerprint density at radius 3 is 2.60 bits per heavy atom. The van der Waals surface area contributed by atoms with Gasteiger partial charge in [0.25, 0.3) is 5.91 Å². The van der Waals surface area contributed by atoms with E-state index in [1.165, 1.54) is 25.3 Å². The molecule has 2 heterocycles. The van der Waals surface area contributed by atoms with E-state index >= 15 is 0 Å². The molecule has 0 saturated carbocycles. The van der Waals surface area contributed by atoms with Gasteiger partial charge in [-0.2, -0.15) is 0 Å². The van der Waals surface area contributed by atoms with Crippen LogP contribution in [0.15, 0.2) is 67.6 Å². The molecule has 3 aromatic rings. The Hall–Kier alpha value is -3.08. The van der Waals surface area contributed by atoms with Crippen LogP contribution in [0.3, 0.4) is 0 Å². The summed E-state index contributed by atoms with van der Waals surface area (Å²) in [5.41, 5.74) is 1.48. The summed E-state index contributed by atoms with van der Waals surface area (Å²) in [5.74, 6) is -0.544. The zero-order valence-electron chi connectivity index (χ0n) is 18.1. The van der Waals surface area contributed by atoms with Crippen LogP contribution < -0.4 is 10.1 Å². The van der Waals surface area contributed by atoms with Crippen molar-refractivity contribution in [3.8, 4) is 5.75 Å². The van der Waals surface area contributed by atoms with Crippen molar-refractivity contribution in [3.63, 3.8) is 0 Å². The van der Waals surface area contributed by atoms with Crippen LogP contribution in [0.25, 0.3) is 6.08 Å². The predicted molar refractivity (Wildman–Crippen MR) is 135 cm³/mol. The fourth-order valence-corrected chi connectivity index (χ4v) is 4.49. The number of urea groups is 1. The fourth-order valence-electron chi connectivity index (χ4n) is 3.28. The zero-order valence-corrected chi connectivity index (χ0v) is 22.1. The number of furan rings is 1. The Morgan fingerprint density at radius 1 is 1.14 bits per heavy atom. The molecule has 0 radical (unpaired) electrons. The number of rotatable bonds is 7. The topological polar surface area (TPSA) is 98.1 Å². The lowest BCUT2D eigenvalue weighted by molar-refractivity contribution is -0.123. The molecule has 1 N–H and O–H groups in total. The second kappa shape index (κ2) is 10.7. The van der Waals surface area contributed by atoms with Gasteiger partial charge in [-0.3, -0.25) is 9.69 Å². The van der Waals surface area contributed by atoms with E-state index in [4.69, 9.17) is 20.8 Å². The summed E-state index contributed by atoms with van der Waals surface area (Å²) in [5, 5.41) is 2.97. The van der Waals surface area contributed by atoms with Gasteiger partial charge in [0.15, 0.2) is 0 Å². The molecule has 1 saturated heterocycles. The lowest BCUT2D eigenvalue weighted by Crippen LogP contribution is -2.30. The highest BCUT2D eigenvalue weighted by atomic mass is 79.9. The molecule has 0 unspecified atom stereocenters. The van der Waals surface area contributed by atoms with E-state index in [0.29, 0.717) is 20.8 Å². The van der Waals surface area contributed by atoms with E-state index in [2.05, 4.69) is 41.9 Å². The largest absolute Gasteiger partial charge is 0.487 e. The Bertz CT molecular complexity index is 1340. The molecule has 35 heavy (non-hydrogen) atoms. The van der Waals surface area contributed by atoms with Crippen molar-refractivity contribution in [3.05, 3.63) is 90.8 Å². The van der Waals surface area contributed by atoms with E-state index in [1.54, 1.807) is 12.1 Å². The van der Waals surface area contributed by atoms with Gasteiger partial charge in [0.1, 0.15) is 23.8 Å². The highest BCUT2D eigenvalue weighted by Crippen LogP contribution is 2.35. The molecule has 1 aliphatic heterocycles. The second-order valence-electron chi connectivity index (χ2n) is 7.36. The standard InChI is InChI=1S/C24H17Br2ClN2O6/c1-33-23(31)20-7-6-17(35-20)11-29-22(30)19(28-24(29)32)9-14-8-16(27)10-18(26)21(14)34-12-13-2-4-15(25)5-3-13/h2-10H,11-12H2,1H3,(H,28,32)/b19-9-. The number of ether oxygens (including phenoxy) is 2. The van der Waals surface area contributed by atoms with Gasteiger partial charge in [-0.1, -0.05) is 39.7 Å². The first-order valence-electron chi connectivity index (χ1n) is 10.1. The number of methoxy groups -OCH3 is 1. The Kier molecular flexibility index (Phi) is 7.63. The van der Waals surface area contributed by atoms with Gasteiger partial charge in [-0.05, 0) is 64.0 Å². The van der Waals surface area contributed by atoms with Crippen molar-refractivity contribution in [1.82, 2.24) is 10.2 Å². The normalized spacial score (nSPS) is 14.4. The molecule has 11 heteroatoms. The number of nitrogens with zero attached hydrogens (tertiary/aromatic N) is 1. The Morgan fingerprint density at radius 2 is 1.89 bits per heavy atom. The molecular formula is C24H17Br2ClN2O6. The van der Waals surface area contributed by atoms with Crippen LogP contribution in [-0.4, -0.2) is 29.9 Å². The molecule has 0 bridgehead atoms. The molecule has 1 aromatic heterocycles. The van der Waals surface area contributed by atoms with Crippen molar-refractivity contribution in [2.75, 3.05) is 7.11 Å². The van der Waals surface area contributed by atoms with E-state index < -0.39 is 17.9 Å². The maximum Gasteiger partial charge on any atom is 0.373 e. The summed E-state index contributed by atoms with van der Waals surface area (Å²) in [6.07, 6.45) is 1.50. The minimum atomic E-state index is -0.656. The summed E-state index contributed by atoms with van der Waals surface area (Å²) in [6.45, 7) is 0.113. The first-order chi connectivity index (χ1) is 16.7. The number of nitrogens with one attached hydrogen (secondary N) is 1. The molecule has 4 rings (SSSR count). The van der Waals surface area contributed by atoms with Crippen molar-refractivity contribution >= 4 is 67.4 Å². The number of imide groups is 1. The monoisotopic (exact) mass is 622 g/mol. The molecule has 0 spiro atoms. The predicted octanol–water partition coefficient (Wildman–Crippen LogP) is 5.92. The fraction of sp³-hybridized carbons (Fsp3) is 0.125. The van der Waals surface area contributed by atoms with Gasteiger partial charge in [0.2, 0.25) is 5.76 Å². The van der Waals surface area contributed by atoms with Crippen LogP contribution in [0.4, 0.5) is 4.79 Å². The average Bonchev–Trinajstić information content (AvgIpc) is 3.39. The molecule has 2 aromatic carbocycles. The van der Waals surface area contributed by atoms with Gasteiger partial charge in [0, 0.05) is 15.1 Å². The number of carbonyl (C=O) groups excluding carboxylic acids is 3. The van der Waals surface area contributed by atoms with Crippen LogP contribution in [0.5, 0.6) is 5.75 Å². The van der Waals surface area contributed by atoms with Crippen molar-refractivity contribution in [1.29, 1.82) is 0 Å². The second-order valence-corrected chi connectivity index (χ2v) is 9.56. The van der Waals surface area contributed by atoms with Gasteiger partial charge < -0.3 is 19.2 Å². The third kappa shape index (κ3) is 5.77. The highest BCUT2D eigenvalue weighted by Gasteiger charge is 2.34. The lowest BCUT2D eigenvalue weighted by atomic mass is 10.1. The molecule has 1 fully saturated rings. The highest BCUT2D eigenvalue weighted by molar-refractivity contribution is 9.10. The van der Waals surface area contributed by atoms with Crippen LogP contribution in [0.2, 0.25) is 5.02 Å². The summed E-state index contributed by atoms with van der Waals surface area (Å²) in [4.78, 5) is 38.0. The van der Waals surface area contributed by atoms with Gasteiger partial charge in [-0.15, -0.1) is 0 Å². The van der Waals surface area contributed by atoms with Crippen LogP contribution in [0.1, 0.15) is 27.4 Å². The van der Waals surface area contributed by atoms with Crippen molar-refractivity contribution in [2.45, 2.75) is 13.2 Å². The third-order valence-electron chi connectivity index (χ3n) is 4.96. The quantitative estimate of drug-likeness (QED) is 0.199. The molecule has 180 valence electrons. The number of carbonyl (C=O) groups is 3. The van der Waals surface area contributed by atoms with Crippen molar-refractivity contribution in [2.24, 2.45) is 0 Å². The molecule has 3 amide bonds. The summed E-state index contributed by atoms with van der Waals surface area (Å²) < 4.78 is 17.5. The maximum absolute atomic E-state index is 13.0. The molecule has 1 aliphatic rings. The minimum absolute atomic E-state index is 0.0262. The molecule has 0 aliphatic carbocycles. The third-order valence-corrected chi connectivity index (χ3v) is 6.29. The first-order valence-corrected chi connectivity index (χ1v) is 12.1. The summed E-state index contributed by atoms with van der Waals surface area (Å²) >= 11 is 13.1. The number of benzene rings is 2. The van der Waals surface area contributed by atoms with Gasteiger partial charge >= 0.3 is 12.0 Å². The zero-order chi connectivity index (χ0) is 25.1. The van der Waals surface area contributed by atoms with Crippen LogP contribution in [0, 0.1) is 0 Å². The first kappa shape index (κ1) is 25.0. The average molecular weight is 625 g/mol. The van der Waals surface area contributed by atoms with E-state index in [9.17, 15) is 14.4 Å². The van der Waals surface area contributed by atoms with Crippen molar-refractivity contribution < 1.29 is 28.3 Å². The van der Waals surface area contributed by atoms with Crippen LogP contribution in [-0.2, 0) is 22.7 Å². The van der Waals surface area contributed by atoms with E-state index in [-0.39, 0.29) is 30.4 Å². The van der Waals surface area contributed by atoms with Gasteiger partial charge in [-0.25, -0.2) is 9.59 Å². The minimum Gasteiger partial charge on any atom is -0.487 e. The van der Waals surface area contributed by atoms with E-state index in [1.807, 2.05) is 24.3 Å². The number of amides is 3.